The topological polar surface area (TPSA) is 25.8 Å². The highest BCUT2D eigenvalue weighted by Crippen LogP contribution is 2.38. The van der Waals surface area contributed by atoms with Crippen LogP contribution in [0.5, 0.6) is 0 Å². The Morgan fingerprint density at radius 1 is 0.789 bits per heavy atom. The molecule has 1 aromatic carbocycles. The molecule has 2 rings (SSSR count). The Hall–Kier alpha value is -1.13. The van der Waals surface area contributed by atoms with Gasteiger partial charge in [0.15, 0.2) is 11.4 Å². The van der Waals surface area contributed by atoms with Crippen molar-refractivity contribution in [2.75, 3.05) is 0 Å². The number of nitrogens with zero attached hydrogens (tertiary/aromatic N) is 2. The lowest BCUT2D eigenvalue weighted by Gasteiger charge is -2.14. The molecule has 19 heavy (non-hydrogen) atoms. The lowest BCUT2D eigenvalue weighted by molar-refractivity contribution is -0.167. The number of aromatic nitrogens is 2. The van der Waals surface area contributed by atoms with Crippen LogP contribution in [-0.2, 0) is 12.4 Å². The minimum absolute atomic E-state index is 0.229. The number of halogens is 7. The number of benzene rings is 1. The molecule has 9 heteroatoms. The molecule has 0 aliphatic heterocycles. The number of alkyl halides is 6. The molecule has 102 valence electrons. The van der Waals surface area contributed by atoms with Gasteiger partial charge in [-0.3, -0.25) is 0 Å². The van der Waals surface area contributed by atoms with Gasteiger partial charge in [-0.2, -0.15) is 26.3 Å². The second-order valence-electron chi connectivity index (χ2n) is 3.55. The largest absolute Gasteiger partial charge is 0.435 e. The summed E-state index contributed by atoms with van der Waals surface area (Å²) in [6, 6.07) is 3.86. The Labute approximate surface area is 116 Å². The molecule has 1 heterocycles. The van der Waals surface area contributed by atoms with Crippen molar-refractivity contribution in [2.24, 2.45) is 0 Å². The van der Waals surface area contributed by atoms with Gasteiger partial charge in [0.1, 0.15) is 0 Å². The highest BCUT2D eigenvalue weighted by molar-refractivity contribution is 14.1. The zero-order chi connectivity index (χ0) is 14.4. The van der Waals surface area contributed by atoms with E-state index in [0.717, 1.165) is 0 Å². The molecule has 0 amide bonds. The van der Waals surface area contributed by atoms with E-state index in [9.17, 15) is 26.3 Å². The average Bonchev–Trinajstić information content (AvgIpc) is 2.24. The molecule has 0 aliphatic rings. The van der Waals surface area contributed by atoms with Crippen LogP contribution < -0.4 is 0 Å². The number of rotatable bonds is 0. The lowest BCUT2D eigenvalue weighted by atomic mass is 10.2. The molecule has 0 aliphatic carbocycles. The Balaban J connectivity index is 2.82. The minimum atomic E-state index is -5.21. The normalized spacial score (nSPS) is 13.0. The van der Waals surface area contributed by atoms with Crippen molar-refractivity contribution in [1.82, 2.24) is 9.97 Å². The molecule has 0 saturated carbocycles. The van der Waals surface area contributed by atoms with E-state index < -0.39 is 23.7 Å². The summed E-state index contributed by atoms with van der Waals surface area (Å²) in [6.07, 6.45) is -10.4. The zero-order valence-corrected chi connectivity index (χ0v) is 10.9. The number of hydrogen-bond acceptors (Lipinski definition) is 2. The third-order valence-electron chi connectivity index (χ3n) is 2.16. The first-order valence-electron chi connectivity index (χ1n) is 4.71. The van der Waals surface area contributed by atoms with E-state index in [1.807, 2.05) is 22.6 Å². The van der Waals surface area contributed by atoms with Gasteiger partial charge in [0, 0.05) is 3.57 Å². The predicted octanol–water partition coefficient (Wildman–Crippen LogP) is 4.27. The molecular weight excluding hydrogens is 389 g/mol. The molecule has 2 nitrogen and oxygen atoms in total. The highest BCUT2D eigenvalue weighted by atomic mass is 127. The van der Waals surface area contributed by atoms with Crippen molar-refractivity contribution in [2.45, 2.75) is 12.4 Å². The first-order chi connectivity index (χ1) is 8.59. The maximum absolute atomic E-state index is 12.6. The average molecular weight is 392 g/mol. The van der Waals surface area contributed by atoms with E-state index in [1.165, 1.54) is 18.2 Å². The third kappa shape index (κ3) is 2.90. The fourth-order valence-electron chi connectivity index (χ4n) is 1.42. The van der Waals surface area contributed by atoms with Gasteiger partial charge >= 0.3 is 12.4 Å². The molecule has 0 saturated heterocycles. The standard InChI is InChI=1S/C10H3F6IN2/c11-9(12,13)7-8(10(14,15)16)19-6-3-4(17)1-2-5(6)18-7/h1-3H. The quantitative estimate of drug-likeness (QED) is 0.495. The van der Waals surface area contributed by atoms with Crippen molar-refractivity contribution >= 4 is 33.6 Å². The molecule has 0 bridgehead atoms. The molecule has 0 fully saturated rings. The fourth-order valence-corrected chi connectivity index (χ4v) is 1.90. The van der Waals surface area contributed by atoms with Crippen molar-refractivity contribution in [1.29, 1.82) is 0 Å². The van der Waals surface area contributed by atoms with Crippen molar-refractivity contribution in [3.63, 3.8) is 0 Å². The SMILES string of the molecule is FC(F)(F)c1nc2ccc(I)cc2nc1C(F)(F)F. The highest BCUT2D eigenvalue weighted by Gasteiger charge is 2.46. The summed E-state index contributed by atoms with van der Waals surface area (Å²) in [5.74, 6) is 0. The van der Waals surface area contributed by atoms with Gasteiger partial charge in [0.2, 0.25) is 0 Å². The van der Waals surface area contributed by atoms with Crippen LogP contribution in [0.2, 0.25) is 0 Å². The maximum Gasteiger partial charge on any atom is 0.435 e. The summed E-state index contributed by atoms with van der Waals surface area (Å²) in [7, 11) is 0. The molecule has 0 unspecified atom stereocenters. The predicted molar refractivity (Wildman–Crippen MR) is 62.3 cm³/mol. The molecule has 0 spiro atoms. The van der Waals surface area contributed by atoms with Crippen LogP contribution in [0.1, 0.15) is 11.4 Å². The fraction of sp³-hybridized carbons (Fsp3) is 0.200. The first-order valence-corrected chi connectivity index (χ1v) is 5.78. The lowest BCUT2D eigenvalue weighted by Crippen LogP contribution is -2.20. The van der Waals surface area contributed by atoms with Gasteiger partial charge in [-0.1, -0.05) is 0 Å². The van der Waals surface area contributed by atoms with E-state index in [4.69, 9.17) is 0 Å². The molecule has 0 N–H and O–H groups in total. The van der Waals surface area contributed by atoms with Crippen LogP contribution in [0.25, 0.3) is 11.0 Å². The minimum Gasteiger partial charge on any atom is -0.239 e. The molecule has 2 aromatic rings. The van der Waals surface area contributed by atoms with E-state index in [2.05, 4.69) is 9.97 Å². The van der Waals surface area contributed by atoms with Gasteiger partial charge in [-0.15, -0.1) is 0 Å². The second-order valence-corrected chi connectivity index (χ2v) is 4.80. The van der Waals surface area contributed by atoms with E-state index in [0.29, 0.717) is 3.57 Å². The second kappa shape index (κ2) is 4.46. The van der Waals surface area contributed by atoms with Crippen molar-refractivity contribution in [3.8, 4) is 0 Å². The van der Waals surface area contributed by atoms with E-state index in [1.54, 1.807) is 0 Å². The van der Waals surface area contributed by atoms with Crippen LogP contribution in [0.15, 0.2) is 18.2 Å². The Morgan fingerprint density at radius 2 is 1.26 bits per heavy atom. The monoisotopic (exact) mass is 392 g/mol. The van der Waals surface area contributed by atoms with Gasteiger partial charge in [-0.05, 0) is 40.8 Å². The van der Waals surface area contributed by atoms with Crippen LogP contribution in [0, 0.1) is 3.57 Å². The Morgan fingerprint density at radius 3 is 1.74 bits per heavy atom. The van der Waals surface area contributed by atoms with Gasteiger partial charge in [-0.25, -0.2) is 9.97 Å². The summed E-state index contributed by atoms with van der Waals surface area (Å²) in [4.78, 5) is 6.10. The summed E-state index contributed by atoms with van der Waals surface area (Å²) < 4.78 is 76.1. The van der Waals surface area contributed by atoms with Crippen LogP contribution in [0.3, 0.4) is 0 Å². The summed E-state index contributed by atoms with van der Waals surface area (Å²) in [5, 5.41) is 0. The van der Waals surface area contributed by atoms with Crippen molar-refractivity contribution in [3.05, 3.63) is 33.2 Å². The van der Waals surface area contributed by atoms with Crippen LogP contribution in [-0.4, -0.2) is 9.97 Å². The molecular formula is C10H3F6IN2. The van der Waals surface area contributed by atoms with Gasteiger partial charge in [0.25, 0.3) is 0 Å². The maximum atomic E-state index is 12.6. The Bertz CT molecular complexity index is 634. The third-order valence-corrected chi connectivity index (χ3v) is 2.83. The van der Waals surface area contributed by atoms with Crippen LogP contribution in [0.4, 0.5) is 26.3 Å². The molecule has 0 radical (unpaired) electrons. The van der Waals surface area contributed by atoms with E-state index >= 15 is 0 Å². The number of fused-ring (bicyclic) bond motifs is 1. The van der Waals surface area contributed by atoms with Crippen molar-refractivity contribution < 1.29 is 26.3 Å². The van der Waals surface area contributed by atoms with Crippen LogP contribution >= 0.6 is 22.6 Å². The van der Waals surface area contributed by atoms with E-state index in [-0.39, 0.29) is 11.0 Å². The van der Waals surface area contributed by atoms with Gasteiger partial charge in [0.05, 0.1) is 11.0 Å². The Kier molecular flexibility index (Phi) is 3.35. The smallest absolute Gasteiger partial charge is 0.239 e. The summed E-state index contributed by atoms with van der Waals surface area (Å²) in [6.45, 7) is 0. The molecule has 1 aromatic heterocycles. The van der Waals surface area contributed by atoms with Gasteiger partial charge < -0.3 is 0 Å². The first kappa shape index (κ1) is 14.3. The zero-order valence-electron chi connectivity index (χ0n) is 8.77. The molecule has 0 atom stereocenters. The number of hydrogen-bond donors (Lipinski definition) is 0. The summed E-state index contributed by atoms with van der Waals surface area (Å²) >= 11 is 1.81. The summed E-state index contributed by atoms with van der Waals surface area (Å²) in [5.41, 5.74) is -4.50.